The first kappa shape index (κ1) is 28.7. The fourth-order valence-electron chi connectivity index (χ4n) is 6.41. The minimum Gasteiger partial charge on any atom is -0.450 e. The Bertz CT molecular complexity index is 2120. The summed E-state index contributed by atoms with van der Waals surface area (Å²) < 4.78 is 12.6. The molecule has 8 rings (SSSR count). The van der Waals surface area contributed by atoms with Gasteiger partial charge >= 0.3 is 0 Å². The number of ether oxygens (including phenoxy) is 1. The Labute approximate surface area is 268 Å². The number of hydrogen-bond donors (Lipinski definition) is 2. The number of amides is 2. The van der Waals surface area contributed by atoms with Gasteiger partial charge in [0, 0.05) is 78.7 Å². The van der Waals surface area contributed by atoms with Gasteiger partial charge in [-0.1, -0.05) is 12.1 Å². The largest absolute Gasteiger partial charge is 0.450 e. The Morgan fingerprint density at radius 3 is 2.61 bits per heavy atom. The lowest BCUT2D eigenvalue weighted by molar-refractivity contribution is 0.0600. The van der Waals surface area contributed by atoms with Crippen molar-refractivity contribution in [2.45, 2.75) is 13.5 Å². The lowest BCUT2D eigenvalue weighted by Crippen LogP contribution is -2.48. The van der Waals surface area contributed by atoms with Crippen LogP contribution in [0.5, 0.6) is 0 Å². The molecule has 2 aliphatic heterocycles. The molecule has 46 heavy (non-hydrogen) atoms. The van der Waals surface area contributed by atoms with E-state index in [1.165, 1.54) is 10.4 Å². The molecule has 0 aliphatic carbocycles. The van der Waals surface area contributed by atoms with Gasteiger partial charge < -0.3 is 29.7 Å². The number of carbonyl (C=O) groups excluding carboxylic acids is 2. The number of furan rings is 1. The van der Waals surface area contributed by atoms with Gasteiger partial charge in [-0.05, 0) is 48.9 Å². The van der Waals surface area contributed by atoms with Gasteiger partial charge in [-0.15, -0.1) is 11.3 Å². The first-order valence-corrected chi connectivity index (χ1v) is 16.3. The number of nitrogens with one attached hydrogen (secondary N) is 1. The number of rotatable bonds is 6. The van der Waals surface area contributed by atoms with Crippen molar-refractivity contribution in [1.29, 1.82) is 0 Å². The van der Waals surface area contributed by atoms with Crippen LogP contribution in [-0.2, 0) is 11.3 Å². The maximum absolute atomic E-state index is 13.3. The highest BCUT2D eigenvalue weighted by molar-refractivity contribution is 7.19. The van der Waals surface area contributed by atoms with Gasteiger partial charge in [0.15, 0.2) is 17.4 Å². The number of nitrogens with zero attached hydrogens (tertiary/aromatic N) is 5. The molecule has 11 nitrogen and oxygen atoms in total. The van der Waals surface area contributed by atoms with Crippen LogP contribution in [0.2, 0.25) is 0 Å². The fourth-order valence-corrected chi connectivity index (χ4v) is 7.72. The molecule has 0 spiro atoms. The summed E-state index contributed by atoms with van der Waals surface area (Å²) in [7, 11) is 0. The first-order valence-electron chi connectivity index (χ1n) is 15.5. The number of primary amides is 1. The Hall–Kier alpha value is -4.78. The van der Waals surface area contributed by atoms with Crippen molar-refractivity contribution in [3.8, 4) is 11.4 Å². The predicted molar refractivity (Wildman–Crippen MR) is 178 cm³/mol. The number of aryl methyl sites for hydroxylation is 1. The Balaban J connectivity index is 1.04. The number of fused-ring (bicyclic) bond motifs is 3. The number of hydrogen-bond acceptors (Lipinski definition) is 9. The number of benzene rings is 2. The Morgan fingerprint density at radius 1 is 0.978 bits per heavy atom. The van der Waals surface area contributed by atoms with E-state index in [0.29, 0.717) is 37.3 Å². The number of H-pyrrole nitrogens is 1. The molecule has 3 N–H and O–H groups in total. The topological polar surface area (TPSA) is 134 Å². The molecule has 12 heteroatoms. The predicted octanol–water partition coefficient (Wildman–Crippen LogP) is 4.79. The number of morpholine rings is 1. The number of carbonyl (C=O) groups is 2. The summed E-state index contributed by atoms with van der Waals surface area (Å²) in [6.07, 6.45) is 1.95. The van der Waals surface area contributed by atoms with Gasteiger partial charge in [-0.3, -0.25) is 14.5 Å². The van der Waals surface area contributed by atoms with Crippen molar-refractivity contribution >= 4 is 61.1 Å². The van der Waals surface area contributed by atoms with Gasteiger partial charge in [0.1, 0.15) is 5.58 Å². The van der Waals surface area contributed by atoms with Crippen molar-refractivity contribution < 1.29 is 18.7 Å². The second-order valence-electron chi connectivity index (χ2n) is 11.8. The van der Waals surface area contributed by atoms with Crippen molar-refractivity contribution in [2.24, 2.45) is 5.73 Å². The van der Waals surface area contributed by atoms with Crippen molar-refractivity contribution in [3.63, 3.8) is 0 Å². The standard InChI is InChI=1S/C34H33N7O4S/c1-20-27(19-39-9-11-41(12-10-39)34(43)26-18-22-3-2-4-24(31(35)42)29(22)45-26)46-30-28(20)37-32(38-33(30)40-13-15-44-16-14-40)23-5-6-25-21(17-23)7-8-36-25/h2-8,17-18,36H,9-16,19H2,1H3,(H2,35,42). The normalized spacial score (nSPS) is 16.2. The highest BCUT2D eigenvalue weighted by Crippen LogP contribution is 2.38. The summed E-state index contributed by atoms with van der Waals surface area (Å²) in [6, 6.07) is 15.2. The highest BCUT2D eigenvalue weighted by atomic mass is 32.1. The van der Waals surface area contributed by atoms with Crippen LogP contribution in [0.1, 0.15) is 31.4 Å². The minimum absolute atomic E-state index is 0.180. The summed E-state index contributed by atoms with van der Waals surface area (Å²) in [4.78, 5) is 46.5. The summed E-state index contributed by atoms with van der Waals surface area (Å²) in [5, 5.41) is 1.82. The summed E-state index contributed by atoms with van der Waals surface area (Å²) in [5.41, 5.74) is 10.4. The molecule has 0 atom stereocenters. The van der Waals surface area contributed by atoms with Crippen LogP contribution in [0.25, 0.3) is 43.5 Å². The molecule has 0 unspecified atom stereocenters. The summed E-state index contributed by atoms with van der Waals surface area (Å²) >= 11 is 1.77. The number of nitrogens with two attached hydrogens (primary N) is 1. The molecular weight excluding hydrogens is 602 g/mol. The number of thiophene rings is 1. The van der Waals surface area contributed by atoms with Gasteiger partial charge in [-0.2, -0.15) is 0 Å². The van der Waals surface area contributed by atoms with Crippen molar-refractivity contribution in [3.05, 3.63) is 76.5 Å². The third-order valence-corrected chi connectivity index (χ3v) is 10.3. The molecule has 0 radical (unpaired) electrons. The molecule has 0 saturated carbocycles. The molecule has 2 saturated heterocycles. The fraction of sp³-hybridized carbons (Fsp3) is 0.294. The third-order valence-electron chi connectivity index (χ3n) is 9.02. The Morgan fingerprint density at radius 2 is 1.80 bits per heavy atom. The number of anilines is 1. The molecule has 0 bridgehead atoms. The third kappa shape index (κ3) is 5.08. The monoisotopic (exact) mass is 635 g/mol. The van der Waals surface area contributed by atoms with Gasteiger partial charge in [-0.25, -0.2) is 9.97 Å². The van der Waals surface area contributed by atoms with Crippen LogP contribution in [0, 0.1) is 6.92 Å². The SMILES string of the molecule is Cc1c(CN2CCN(C(=O)c3cc4cccc(C(N)=O)c4o3)CC2)sc2c(N3CCOCC3)nc(-c3ccc4[nH]ccc4c3)nc12. The second kappa shape index (κ2) is 11.5. The van der Waals surface area contributed by atoms with Crippen LogP contribution >= 0.6 is 11.3 Å². The molecule has 234 valence electrons. The minimum atomic E-state index is -0.582. The average Bonchev–Trinajstić information content (AvgIpc) is 3.82. The number of aromatic nitrogens is 3. The van der Waals surface area contributed by atoms with E-state index >= 15 is 0 Å². The van der Waals surface area contributed by atoms with Crippen LogP contribution in [0.15, 0.2) is 59.1 Å². The van der Waals surface area contributed by atoms with Crippen LogP contribution in [-0.4, -0.2) is 89.0 Å². The van der Waals surface area contributed by atoms with Crippen molar-refractivity contribution in [1.82, 2.24) is 24.8 Å². The molecule has 2 aliphatic rings. The number of para-hydroxylation sites is 1. The molecule has 2 fully saturated rings. The maximum atomic E-state index is 13.3. The van der Waals surface area contributed by atoms with E-state index < -0.39 is 5.91 Å². The lowest BCUT2D eigenvalue weighted by Gasteiger charge is -2.34. The molecule has 6 aromatic rings. The molecule has 2 amide bonds. The maximum Gasteiger partial charge on any atom is 0.289 e. The first-order chi connectivity index (χ1) is 22.4. The summed E-state index contributed by atoms with van der Waals surface area (Å²) in [5.74, 6) is 1.16. The van der Waals surface area contributed by atoms with Crippen LogP contribution < -0.4 is 10.6 Å². The second-order valence-corrected chi connectivity index (χ2v) is 13.0. The molecular formula is C34H33N7O4S. The quantitative estimate of drug-likeness (QED) is 0.267. The van der Waals surface area contributed by atoms with E-state index in [-0.39, 0.29) is 17.2 Å². The van der Waals surface area contributed by atoms with E-state index in [4.69, 9.17) is 24.9 Å². The smallest absolute Gasteiger partial charge is 0.289 e. The molecule has 6 heterocycles. The number of aromatic amines is 1. The highest BCUT2D eigenvalue weighted by Gasteiger charge is 2.28. The van der Waals surface area contributed by atoms with Crippen molar-refractivity contribution in [2.75, 3.05) is 57.4 Å². The Kier molecular flexibility index (Phi) is 7.19. The van der Waals surface area contributed by atoms with Gasteiger partial charge in [0.2, 0.25) is 0 Å². The van der Waals surface area contributed by atoms with Crippen LogP contribution in [0.3, 0.4) is 0 Å². The van der Waals surface area contributed by atoms with E-state index in [9.17, 15) is 9.59 Å². The van der Waals surface area contributed by atoms with E-state index in [1.807, 2.05) is 17.2 Å². The average molecular weight is 636 g/mol. The number of piperazine rings is 1. The van der Waals surface area contributed by atoms with Gasteiger partial charge in [0.05, 0.1) is 29.0 Å². The van der Waals surface area contributed by atoms with Gasteiger partial charge in [0.25, 0.3) is 11.8 Å². The van der Waals surface area contributed by atoms with E-state index in [1.54, 1.807) is 29.5 Å². The summed E-state index contributed by atoms with van der Waals surface area (Å²) in [6.45, 7) is 8.49. The van der Waals surface area contributed by atoms with Crippen LogP contribution in [0.4, 0.5) is 5.82 Å². The van der Waals surface area contributed by atoms with E-state index in [2.05, 4.69) is 46.0 Å². The lowest BCUT2D eigenvalue weighted by atomic mass is 10.1. The zero-order valence-corrected chi connectivity index (χ0v) is 26.2. The zero-order valence-electron chi connectivity index (χ0n) is 25.4. The van der Waals surface area contributed by atoms with E-state index in [0.717, 1.165) is 71.0 Å². The molecule has 4 aromatic heterocycles. The zero-order chi connectivity index (χ0) is 31.4. The molecule has 2 aromatic carbocycles.